The zero-order valence-corrected chi connectivity index (χ0v) is 9.00. The standard InChI is InChI=1S/C9H17NO.C2H6/c11-7-9-2-1-5-10(9)6-8-3-4-8;1-2/h8-9,11H,1-7H2;1-2H3. The number of nitrogens with zero attached hydrogens (tertiary/aromatic N) is 1. The highest BCUT2D eigenvalue weighted by atomic mass is 16.3. The Morgan fingerprint density at radius 1 is 1.23 bits per heavy atom. The molecule has 1 aliphatic carbocycles. The summed E-state index contributed by atoms with van der Waals surface area (Å²) in [6.07, 6.45) is 5.35. The summed E-state index contributed by atoms with van der Waals surface area (Å²) in [7, 11) is 0. The van der Waals surface area contributed by atoms with E-state index in [1.165, 1.54) is 38.8 Å². The van der Waals surface area contributed by atoms with Crippen molar-refractivity contribution >= 4 is 0 Å². The molecule has 2 fully saturated rings. The second-order valence-corrected chi connectivity index (χ2v) is 3.92. The molecule has 1 heterocycles. The van der Waals surface area contributed by atoms with Crippen LogP contribution < -0.4 is 0 Å². The number of aliphatic hydroxyl groups is 1. The van der Waals surface area contributed by atoms with Gasteiger partial charge < -0.3 is 5.11 Å². The summed E-state index contributed by atoms with van der Waals surface area (Å²) >= 11 is 0. The molecule has 1 atom stereocenters. The van der Waals surface area contributed by atoms with Gasteiger partial charge in [-0.1, -0.05) is 13.8 Å². The number of hydrogen-bond donors (Lipinski definition) is 1. The summed E-state index contributed by atoms with van der Waals surface area (Å²) in [5.41, 5.74) is 0. The van der Waals surface area contributed by atoms with E-state index in [0.29, 0.717) is 12.6 Å². The summed E-state index contributed by atoms with van der Waals surface area (Å²) < 4.78 is 0. The van der Waals surface area contributed by atoms with Crippen LogP contribution in [0.2, 0.25) is 0 Å². The molecule has 0 amide bonds. The number of aliphatic hydroxyl groups excluding tert-OH is 1. The van der Waals surface area contributed by atoms with E-state index in [0.717, 1.165) is 5.92 Å². The van der Waals surface area contributed by atoms with Crippen molar-refractivity contribution in [1.29, 1.82) is 0 Å². The van der Waals surface area contributed by atoms with Crippen molar-refractivity contribution < 1.29 is 5.11 Å². The van der Waals surface area contributed by atoms with Crippen LogP contribution in [0.1, 0.15) is 39.5 Å². The molecular formula is C11H23NO. The van der Waals surface area contributed by atoms with Crippen molar-refractivity contribution in [3.05, 3.63) is 0 Å². The van der Waals surface area contributed by atoms with Gasteiger partial charge in [0.2, 0.25) is 0 Å². The molecule has 0 bridgehead atoms. The highest BCUT2D eigenvalue weighted by Gasteiger charge is 2.30. The Hall–Kier alpha value is -0.0800. The van der Waals surface area contributed by atoms with Crippen molar-refractivity contribution in [2.24, 2.45) is 5.92 Å². The van der Waals surface area contributed by atoms with Gasteiger partial charge in [-0.15, -0.1) is 0 Å². The molecule has 0 spiro atoms. The van der Waals surface area contributed by atoms with Crippen molar-refractivity contribution in [2.45, 2.75) is 45.6 Å². The average molecular weight is 185 g/mol. The summed E-state index contributed by atoms with van der Waals surface area (Å²) in [4.78, 5) is 2.47. The van der Waals surface area contributed by atoms with Gasteiger partial charge in [0, 0.05) is 12.6 Å². The lowest BCUT2D eigenvalue weighted by atomic mass is 10.2. The third-order valence-electron chi connectivity index (χ3n) is 2.90. The summed E-state index contributed by atoms with van der Waals surface area (Å²) in [5, 5.41) is 9.03. The fraction of sp³-hybridized carbons (Fsp3) is 1.00. The molecule has 13 heavy (non-hydrogen) atoms. The summed E-state index contributed by atoms with van der Waals surface area (Å²) in [6.45, 7) is 6.85. The van der Waals surface area contributed by atoms with Gasteiger partial charge in [0.25, 0.3) is 0 Å². The van der Waals surface area contributed by atoms with Gasteiger partial charge in [0.05, 0.1) is 6.61 Å². The van der Waals surface area contributed by atoms with Gasteiger partial charge in [-0.2, -0.15) is 0 Å². The van der Waals surface area contributed by atoms with Gasteiger partial charge >= 0.3 is 0 Å². The number of likely N-dealkylation sites (tertiary alicyclic amines) is 1. The molecular weight excluding hydrogens is 162 g/mol. The molecule has 1 saturated carbocycles. The van der Waals surface area contributed by atoms with Gasteiger partial charge in [-0.05, 0) is 38.1 Å². The van der Waals surface area contributed by atoms with E-state index in [2.05, 4.69) is 4.90 Å². The van der Waals surface area contributed by atoms with Crippen LogP contribution in [-0.4, -0.2) is 35.7 Å². The van der Waals surface area contributed by atoms with Crippen molar-refractivity contribution in [1.82, 2.24) is 4.90 Å². The maximum atomic E-state index is 9.03. The Morgan fingerprint density at radius 3 is 2.46 bits per heavy atom. The van der Waals surface area contributed by atoms with E-state index in [1.54, 1.807) is 0 Å². The Labute approximate surface area is 81.9 Å². The van der Waals surface area contributed by atoms with Crippen LogP contribution in [0.15, 0.2) is 0 Å². The van der Waals surface area contributed by atoms with Gasteiger partial charge in [-0.25, -0.2) is 0 Å². The van der Waals surface area contributed by atoms with Crippen LogP contribution in [0.3, 0.4) is 0 Å². The van der Waals surface area contributed by atoms with E-state index in [9.17, 15) is 0 Å². The normalized spacial score (nSPS) is 28.4. The fourth-order valence-electron chi connectivity index (χ4n) is 1.97. The fourth-order valence-corrected chi connectivity index (χ4v) is 1.97. The van der Waals surface area contributed by atoms with E-state index in [4.69, 9.17) is 5.11 Å². The Kier molecular flexibility index (Phi) is 4.74. The maximum Gasteiger partial charge on any atom is 0.0586 e. The molecule has 1 unspecified atom stereocenters. The highest BCUT2D eigenvalue weighted by Crippen LogP contribution is 2.32. The van der Waals surface area contributed by atoms with Crippen LogP contribution in [0.4, 0.5) is 0 Å². The Morgan fingerprint density at radius 2 is 1.92 bits per heavy atom. The third kappa shape index (κ3) is 3.28. The second-order valence-electron chi connectivity index (χ2n) is 3.92. The van der Waals surface area contributed by atoms with E-state index < -0.39 is 0 Å². The monoisotopic (exact) mass is 185 g/mol. The first-order chi connectivity index (χ1) is 6.40. The van der Waals surface area contributed by atoms with Gasteiger partial charge in [-0.3, -0.25) is 4.90 Å². The van der Waals surface area contributed by atoms with E-state index in [1.807, 2.05) is 13.8 Å². The molecule has 0 aromatic heterocycles. The van der Waals surface area contributed by atoms with E-state index in [-0.39, 0.29) is 0 Å². The van der Waals surface area contributed by atoms with Crippen molar-refractivity contribution in [2.75, 3.05) is 19.7 Å². The largest absolute Gasteiger partial charge is 0.395 e. The predicted octanol–water partition coefficient (Wildman–Crippen LogP) is 1.88. The van der Waals surface area contributed by atoms with Crippen LogP contribution >= 0.6 is 0 Å². The molecule has 1 aliphatic heterocycles. The number of hydrogen-bond acceptors (Lipinski definition) is 2. The molecule has 0 radical (unpaired) electrons. The summed E-state index contributed by atoms with van der Waals surface area (Å²) in [5.74, 6) is 0.974. The van der Waals surface area contributed by atoms with Crippen molar-refractivity contribution in [3.8, 4) is 0 Å². The quantitative estimate of drug-likeness (QED) is 0.725. The highest BCUT2D eigenvalue weighted by molar-refractivity contribution is 4.84. The lowest BCUT2D eigenvalue weighted by Crippen LogP contribution is -2.33. The minimum absolute atomic E-state index is 0.368. The molecule has 2 heteroatoms. The van der Waals surface area contributed by atoms with E-state index >= 15 is 0 Å². The maximum absolute atomic E-state index is 9.03. The molecule has 1 N–H and O–H groups in total. The molecule has 0 aromatic rings. The Bertz CT molecular complexity index is 134. The van der Waals surface area contributed by atoms with Crippen molar-refractivity contribution in [3.63, 3.8) is 0 Å². The third-order valence-corrected chi connectivity index (χ3v) is 2.90. The molecule has 78 valence electrons. The predicted molar refractivity (Wildman–Crippen MR) is 55.8 cm³/mol. The first-order valence-corrected chi connectivity index (χ1v) is 5.75. The Balaban J connectivity index is 0.000000396. The minimum Gasteiger partial charge on any atom is -0.395 e. The molecule has 1 saturated heterocycles. The molecule has 2 nitrogen and oxygen atoms in total. The smallest absolute Gasteiger partial charge is 0.0586 e. The lowest BCUT2D eigenvalue weighted by molar-refractivity contribution is 0.154. The molecule has 2 rings (SSSR count). The first-order valence-electron chi connectivity index (χ1n) is 5.75. The second kappa shape index (κ2) is 5.61. The zero-order chi connectivity index (χ0) is 9.68. The van der Waals surface area contributed by atoms with Crippen LogP contribution in [0.5, 0.6) is 0 Å². The van der Waals surface area contributed by atoms with Gasteiger partial charge in [0.15, 0.2) is 0 Å². The molecule has 0 aromatic carbocycles. The topological polar surface area (TPSA) is 23.5 Å². The van der Waals surface area contributed by atoms with Crippen LogP contribution in [-0.2, 0) is 0 Å². The first kappa shape index (κ1) is 11.0. The van der Waals surface area contributed by atoms with Crippen LogP contribution in [0.25, 0.3) is 0 Å². The summed E-state index contributed by atoms with van der Waals surface area (Å²) in [6, 6.07) is 0.496. The zero-order valence-electron chi connectivity index (χ0n) is 9.00. The SMILES string of the molecule is CC.OCC1CCCN1CC1CC1. The van der Waals surface area contributed by atoms with Crippen LogP contribution in [0, 0.1) is 5.92 Å². The average Bonchev–Trinajstić information content (AvgIpc) is 2.87. The van der Waals surface area contributed by atoms with Gasteiger partial charge in [0.1, 0.15) is 0 Å². The number of rotatable bonds is 3. The lowest BCUT2D eigenvalue weighted by Gasteiger charge is -2.21. The minimum atomic E-state index is 0.368. The molecule has 2 aliphatic rings.